The first-order valence-electron chi connectivity index (χ1n) is 6.77. The summed E-state index contributed by atoms with van der Waals surface area (Å²) < 4.78 is 27.0. The van der Waals surface area contributed by atoms with Gasteiger partial charge in [-0.1, -0.05) is 0 Å². The summed E-state index contributed by atoms with van der Waals surface area (Å²) >= 11 is 0. The number of fused-ring (bicyclic) bond motifs is 2. The summed E-state index contributed by atoms with van der Waals surface area (Å²) in [6.07, 6.45) is 3.39. The minimum Gasteiger partial charge on any atom is -0.395 e. The van der Waals surface area contributed by atoms with E-state index in [1.54, 1.807) is 0 Å². The number of hydrogen-bond acceptors (Lipinski definition) is 3. The van der Waals surface area contributed by atoms with Crippen LogP contribution in [0.25, 0.3) is 0 Å². The molecule has 0 aromatic heterocycles. The molecular weight excluding hydrogens is 248 g/mol. The van der Waals surface area contributed by atoms with Crippen LogP contribution in [0.3, 0.4) is 0 Å². The van der Waals surface area contributed by atoms with E-state index in [0.29, 0.717) is 17.8 Å². The van der Waals surface area contributed by atoms with Crippen LogP contribution < -0.4 is 10.6 Å². The molecule has 2 fully saturated rings. The van der Waals surface area contributed by atoms with Gasteiger partial charge in [-0.3, -0.25) is 4.90 Å². The number of hydrogen-bond donors (Lipinski definition) is 1. The normalized spacial score (nSPS) is 27.6. The average molecular weight is 267 g/mol. The molecule has 2 bridgehead atoms. The van der Waals surface area contributed by atoms with Gasteiger partial charge in [-0.15, -0.1) is 0 Å². The van der Waals surface area contributed by atoms with E-state index in [9.17, 15) is 8.78 Å². The summed E-state index contributed by atoms with van der Waals surface area (Å²) in [5.41, 5.74) is 6.32. The van der Waals surface area contributed by atoms with Gasteiger partial charge in [-0.2, -0.15) is 0 Å². The van der Waals surface area contributed by atoms with Crippen LogP contribution in [-0.2, 0) is 0 Å². The lowest BCUT2D eigenvalue weighted by molar-refractivity contribution is 0.254. The van der Waals surface area contributed by atoms with Gasteiger partial charge in [0.05, 0.1) is 11.4 Å². The van der Waals surface area contributed by atoms with Crippen LogP contribution >= 0.6 is 0 Å². The van der Waals surface area contributed by atoms with Crippen molar-refractivity contribution in [3.8, 4) is 0 Å². The van der Waals surface area contributed by atoms with E-state index in [1.807, 2.05) is 4.90 Å². The maximum Gasteiger partial charge on any atom is 0.151 e. The maximum atomic E-state index is 13.6. The highest BCUT2D eigenvalue weighted by Gasteiger charge is 2.35. The molecule has 0 saturated carbocycles. The predicted molar refractivity (Wildman–Crippen MR) is 72.2 cm³/mol. The van der Waals surface area contributed by atoms with Crippen molar-refractivity contribution in [3.63, 3.8) is 0 Å². The highest BCUT2D eigenvalue weighted by molar-refractivity contribution is 5.68. The minimum absolute atomic E-state index is 0.0572. The van der Waals surface area contributed by atoms with Crippen molar-refractivity contribution in [1.29, 1.82) is 0 Å². The van der Waals surface area contributed by atoms with Gasteiger partial charge in [0.2, 0.25) is 0 Å². The predicted octanol–water partition coefficient (Wildman–Crippen LogP) is 2.22. The van der Waals surface area contributed by atoms with E-state index in [0.717, 1.165) is 32.0 Å². The molecule has 0 amide bonds. The van der Waals surface area contributed by atoms with Gasteiger partial charge in [0, 0.05) is 31.2 Å². The Labute approximate surface area is 112 Å². The molecular formula is C14H19F2N3. The molecule has 0 aliphatic carbocycles. The van der Waals surface area contributed by atoms with Gasteiger partial charge < -0.3 is 10.6 Å². The third-order valence-corrected chi connectivity index (χ3v) is 4.56. The van der Waals surface area contributed by atoms with Crippen molar-refractivity contribution in [2.75, 3.05) is 30.8 Å². The number of nitrogens with two attached hydrogens (primary N) is 1. The largest absolute Gasteiger partial charge is 0.395 e. The van der Waals surface area contributed by atoms with Crippen molar-refractivity contribution in [1.82, 2.24) is 4.90 Å². The topological polar surface area (TPSA) is 32.5 Å². The summed E-state index contributed by atoms with van der Waals surface area (Å²) in [6.45, 7) is 1.60. The second kappa shape index (κ2) is 4.63. The molecule has 2 aliphatic heterocycles. The van der Waals surface area contributed by atoms with E-state index < -0.39 is 11.6 Å². The van der Waals surface area contributed by atoms with Crippen molar-refractivity contribution < 1.29 is 8.78 Å². The van der Waals surface area contributed by atoms with Crippen molar-refractivity contribution in [2.24, 2.45) is 0 Å². The smallest absolute Gasteiger partial charge is 0.151 e. The van der Waals surface area contributed by atoms with Gasteiger partial charge >= 0.3 is 0 Å². The van der Waals surface area contributed by atoms with Crippen LogP contribution in [0.2, 0.25) is 0 Å². The van der Waals surface area contributed by atoms with Gasteiger partial charge in [0.25, 0.3) is 0 Å². The second-order valence-electron chi connectivity index (χ2n) is 5.61. The SMILES string of the molecule is CN1C2CCC1CN(c1cc(F)cc(F)c1N)CC2. The molecule has 19 heavy (non-hydrogen) atoms. The number of halogens is 2. The van der Waals surface area contributed by atoms with Crippen LogP contribution in [0.5, 0.6) is 0 Å². The minimum atomic E-state index is -0.669. The number of nitrogens with zero attached hydrogens (tertiary/aromatic N) is 2. The van der Waals surface area contributed by atoms with E-state index in [2.05, 4.69) is 11.9 Å². The van der Waals surface area contributed by atoms with Gasteiger partial charge in [-0.05, 0) is 32.4 Å². The lowest BCUT2D eigenvalue weighted by Crippen LogP contribution is -2.37. The maximum absolute atomic E-state index is 13.6. The van der Waals surface area contributed by atoms with Crippen LogP contribution in [-0.4, -0.2) is 37.1 Å². The molecule has 0 radical (unpaired) electrons. The molecule has 3 nitrogen and oxygen atoms in total. The zero-order valence-electron chi connectivity index (χ0n) is 11.1. The quantitative estimate of drug-likeness (QED) is 0.792. The average Bonchev–Trinajstić information content (AvgIpc) is 2.59. The Balaban J connectivity index is 1.91. The number of anilines is 2. The number of benzene rings is 1. The summed E-state index contributed by atoms with van der Waals surface area (Å²) in [4.78, 5) is 4.42. The number of nitrogen functional groups attached to an aromatic ring is 1. The molecule has 104 valence electrons. The number of rotatable bonds is 1. The first-order valence-corrected chi connectivity index (χ1v) is 6.77. The molecule has 0 spiro atoms. The molecule has 2 saturated heterocycles. The molecule has 3 rings (SSSR count). The Morgan fingerprint density at radius 1 is 1.16 bits per heavy atom. The number of likely N-dealkylation sites (N-methyl/N-ethyl adjacent to an activating group) is 1. The lowest BCUT2D eigenvalue weighted by Gasteiger charge is -2.28. The highest BCUT2D eigenvalue weighted by atomic mass is 19.1. The summed E-state index contributed by atoms with van der Waals surface area (Å²) in [5.74, 6) is -1.23. The Morgan fingerprint density at radius 2 is 1.89 bits per heavy atom. The molecule has 2 atom stereocenters. The van der Waals surface area contributed by atoms with Crippen molar-refractivity contribution >= 4 is 11.4 Å². The first-order chi connectivity index (χ1) is 9.06. The fourth-order valence-electron chi connectivity index (χ4n) is 3.36. The Bertz CT molecular complexity index is 492. The highest BCUT2D eigenvalue weighted by Crippen LogP contribution is 2.34. The van der Waals surface area contributed by atoms with E-state index in [-0.39, 0.29) is 5.69 Å². The van der Waals surface area contributed by atoms with Crippen molar-refractivity contribution in [3.05, 3.63) is 23.8 Å². The molecule has 2 unspecified atom stereocenters. The molecule has 2 N–H and O–H groups in total. The van der Waals surface area contributed by atoms with Crippen molar-refractivity contribution in [2.45, 2.75) is 31.3 Å². The molecule has 1 aromatic carbocycles. The van der Waals surface area contributed by atoms with Crippen LogP contribution in [0, 0.1) is 11.6 Å². The lowest BCUT2D eigenvalue weighted by atomic mass is 10.1. The van der Waals surface area contributed by atoms with Gasteiger partial charge in [0.15, 0.2) is 5.82 Å². The van der Waals surface area contributed by atoms with Crippen LogP contribution in [0.15, 0.2) is 12.1 Å². The molecule has 1 aromatic rings. The summed E-state index contributed by atoms with van der Waals surface area (Å²) in [6, 6.07) is 3.24. The molecule has 2 heterocycles. The van der Waals surface area contributed by atoms with E-state index in [1.165, 1.54) is 12.5 Å². The zero-order chi connectivity index (χ0) is 13.6. The van der Waals surface area contributed by atoms with Crippen LogP contribution in [0.4, 0.5) is 20.2 Å². The second-order valence-corrected chi connectivity index (χ2v) is 5.61. The molecule has 2 aliphatic rings. The van der Waals surface area contributed by atoms with Gasteiger partial charge in [0.1, 0.15) is 5.82 Å². The molecule has 5 heteroatoms. The standard InChI is InChI=1S/C14H19F2N3/c1-18-10-2-3-11(18)8-19(5-4-10)13-7-9(15)6-12(16)14(13)17/h6-7,10-11H,2-5,8,17H2,1H3. The van der Waals surface area contributed by atoms with E-state index in [4.69, 9.17) is 5.73 Å². The monoisotopic (exact) mass is 267 g/mol. The third-order valence-electron chi connectivity index (χ3n) is 4.56. The Kier molecular flexibility index (Phi) is 3.09. The first kappa shape index (κ1) is 12.7. The third kappa shape index (κ3) is 2.16. The summed E-state index contributed by atoms with van der Waals surface area (Å²) in [5, 5.41) is 0. The fourth-order valence-corrected chi connectivity index (χ4v) is 3.36. The Hall–Kier alpha value is -1.36. The zero-order valence-corrected chi connectivity index (χ0v) is 11.1. The van der Waals surface area contributed by atoms with E-state index >= 15 is 0 Å². The summed E-state index contributed by atoms with van der Waals surface area (Å²) in [7, 11) is 2.14. The fraction of sp³-hybridized carbons (Fsp3) is 0.571. The Morgan fingerprint density at radius 3 is 2.68 bits per heavy atom. The van der Waals surface area contributed by atoms with Crippen LogP contribution in [0.1, 0.15) is 19.3 Å². The van der Waals surface area contributed by atoms with Gasteiger partial charge in [-0.25, -0.2) is 8.78 Å².